The van der Waals surface area contributed by atoms with E-state index >= 15 is 0 Å². The van der Waals surface area contributed by atoms with Gasteiger partial charge in [-0.15, -0.1) is 0 Å². The number of halogens is 4. The monoisotopic (exact) mass is 461 g/mol. The van der Waals surface area contributed by atoms with Crippen molar-refractivity contribution in [1.29, 1.82) is 0 Å². The zero-order valence-electron chi connectivity index (χ0n) is 17.1. The molecule has 0 saturated heterocycles. The molecule has 0 radical (unpaired) electrons. The summed E-state index contributed by atoms with van der Waals surface area (Å²) in [4.78, 5) is 15.6. The highest BCUT2D eigenvalue weighted by atomic mass is 35.5. The first kappa shape index (κ1) is 24.7. The quantitative estimate of drug-likeness (QED) is 0.317. The molecule has 1 heterocycles. The fourth-order valence-corrected chi connectivity index (χ4v) is 2.48. The largest absolute Gasteiger partial charge is 0.479 e. The first-order valence-corrected chi connectivity index (χ1v) is 10.00. The molecule has 1 aromatic carbocycles. The second-order valence-electron chi connectivity index (χ2n) is 6.48. The van der Waals surface area contributed by atoms with Crippen LogP contribution in [0, 0.1) is 0 Å². The molecular formula is C21H23ClF3NO5. The molecule has 1 unspecified atom stereocenters. The van der Waals surface area contributed by atoms with E-state index in [-0.39, 0.29) is 23.3 Å². The van der Waals surface area contributed by atoms with Crippen LogP contribution >= 0.6 is 11.6 Å². The minimum absolute atomic E-state index is 0.143. The standard InChI is InChI=1S/C21H23ClF3NO5/c1-3-4-9-28-10-11-29-20(27)14(2)30-16-5-7-17(8-6-16)31-19-18(22)12-15(13-26-19)21(23,24)25/h5-8,12-14H,3-4,9-11H2,1-2H3. The Morgan fingerprint density at radius 3 is 2.42 bits per heavy atom. The van der Waals surface area contributed by atoms with Crippen LogP contribution < -0.4 is 9.47 Å². The van der Waals surface area contributed by atoms with Gasteiger partial charge in [0.25, 0.3) is 0 Å². The van der Waals surface area contributed by atoms with Gasteiger partial charge in [0.2, 0.25) is 5.88 Å². The first-order valence-electron chi connectivity index (χ1n) is 9.62. The minimum atomic E-state index is -4.55. The number of esters is 1. The van der Waals surface area contributed by atoms with Gasteiger partial charge >= 0.3 is 12.1 Å². The van der Waals surface area contributed by atoms with Crippen LogP contribution in [-0.2, 0) is 20.4 Å². The summed E-state index contributed by atoms with van der Waals surface area (Å²) in [6.07, 6.45) is -2.76. The van der Waals surface area contributed by atoms with Crippen LogP contribution in [0.15, 0.2) is 36.5 Å². The predicted octanol–water partition coefficient (Wildman–Crippen LogP) is 5.67. The molecule has 31 heavy (non-hydrogen) atoms. The first-order chi connectivity index (χ1) is 14.7. The highest BCUT2D eigenvalue weighted by Crippen LogP contribution is 2.34. The van der Waals surface area contributed by atoms with Gasteiger partial charge in [-0.2, -0.15) is 13.2 Å². The van der Waals surface area contributed by atoms with E-state index in [0.717, 1.165) is 18.9 Å². The number of alkyl halides is 3. The lowest BCUT2D eigenvalue weighted by Crippen LogP contribution is -2.27. The third kappa shape index (κ3) is 8.26. The third-order valence-corrected chi connectivity index (χ3v) is 4.20. The number of benzene rings is 1. The van der Waals surface area contributed by atoms with E-state index in [2.05, 4.69) is 11.9 Å². The van der Waals surface area contributed by atoms with Crippen LogP contribution in [0.3, 0.4) is 0 Å². The number of nitrogens with zero attached hydrogens (tertiary/aromatic N) is 1. The summed E-state index contributed by atoms with van der Waals surface area (Å²) < 4.78 is 59.3. The maximum absolute atomic E-state index is 12.7. The lowest BCUT2D eigenvalue weighted by atomic mass is 10.3. The number of rotatable bonds is 11. The van der Waals surface area contributed by atoms with Crippen LogP contribution in [0.5, 0.6) is 17.4 Å². The van der Waals surface area contributed by atoms with Crippen molar-refractivity contribution in [3.63, 3.8) is 0 Å². The molecule has 0 saturated carbocycles. The lowest BCUT2D eigenvalue weighted by molar-refractivity contribution is -0.152. The van der Waals surface area contributed by atoms with E-state index in [1.807, 2.05) is 0 Å². The maximum atomic E-state index is 12.7. The van der Waals surface area contributed by atoms with Crippen LogP contribution in [0.2, 0.25) is 5.02 Å². The summed E-state index contributed by atoms with van der Waals surface area (Å²) in [5.41, 5.74) is -0.970. The molecule has 10 heteroatoms. The molecule has 6 nitrogen and oxygen atoms in total. The van der Waals surface area contributed by atoms with Crippen molar-refractivity contribution in [2.75, 3.05) is 19.8 Å². The number of aromatic nitrogens is 1. The summed E-state index contributed by atoms with van der Waals surface area (Å²) in [6.45, 7) is 4.70. The number of unbranched alkanes of at least 4 members (excludes halogenated alkanes) is 1. The van der Waals surface area contributed by atoms with E-state index in [4.69, 9.17) is 30.5 Å². The average Bonchev–Trinajstić information content (AvgIpc) is 2.72. The number of hydrogen-bond acceptors (Lipinski definition) is 6. The third-order valence-electron chi connectivity index (χ3n) is 3.93. The number of carbonyl (C=O) groups is 1. The van der Waals surface area contributed by atoms with Gasteiger partial charge in [-0.3, -0.25) is 0 Å². The molecule has 0 fully saturated rings. The molecular weight excluding hydrogens is 439 g/mol. The molecule has 2 aromatic rings. The van der Waals surface area contributed by atoms with E-state index in [9.17, 15) is 18.0 Å². The lowest BCUT2D eigenvalue weighted by Gasteiger charge is -2.14. The van der Waals surface area contributed by atoms with Crippen molar-refractivity contribution < 1.29 is 36.9 Å². The molecule has 0 N–H and O–H groups in total. The zero-order chi connectivity index (χ0) is 22.9. The molecule has 0 aliphatic carbocycles. The van der Waals surface area contributed by atoms with Gasteiger partial charge in [0.15, 0.2) is 6.10 Å². The van der Waals surface area contributed by atoms with Crippen molar-refractivity contribution in [1.82, 2.24) is 4.98 Å². The topological polar surface area (TPSA) is 66.9 Å². The fourth-order valence-electron chi connectivity index (χ4n) is 2.27. The second kappa shape index (κ2) is 11.8. The Hall–Kier alpha value is -2.52. The molecule has 0 amide bonds. The molecule has 0 aliphatic rings. The Morgan fingerprint density at radius 1 is 1.13 bits per heavy atom. The number of hydrogen-bond donors (Lipinski definition) is 0. The predicted molar refractivity (Wildman–Crippen MR) is 108 cm³/mol. The summed E-state index contributed by atoms with van der Waals surface area (Å²) in [7, 11) is 0. The van der Waals surface area contributed by atoms with Crippen LogP contribution in [0.1, 0.15) is 32.3 Å². The highest BCUT2D eigenvalue weighted by molar-refractivity contribution is 6.31. The Morgan fingerprint density at radius 2 is 1.81 bits per heavy atom. The zero-order valence-corrected chi connectivity index (χ0v) is 17.8. The summed E-state index contributed by atoms with van der Waals surface area (Å²) in [5, 5.41) is -0.273. The Labute approximate surface area is 183 Å². The highest BCUT2D eigenvalue weighted by Gasteiger charge is 2.31. The van der Waals surface area contributed by atoms with Gasteiger partial charge in [0.05, 0.1) is 12.2 Å². The summed E-state index contributed by atoms with van der Waals surface area (Å²) in [5.74, 6) is -0.0370. The number of ether oxygens (including phenoxy) is 4. The van der Waals surface area contributed by atoms with Gasteiger partial charge in [0, 0.05) is 12.8 Å². The number of pyridine rings is 1. The van der Waals surface area contributed by atoms with E-state index in [1.54, 1.807) is 6.92 Å². The van der Waals surface area contributed by atoms with Gasteiger partial charge in [0.1, 0.15) is 23.1 Å². The van der Waals surface area contributed by atoms with Crippen molar-refractivity contribution >= 4 is 17.6 Å². The molecule has 1 aromatic heterocycles. The second-order valence-corrected chi connectivity index (χ2v) is 6.88. The molecule has 0 spiro atoms. The smallest absolute Gasteiger partial charge is 0.417 e. The van der Waals surface area contributed by atoms with E-state index < -0.39 is 23.8 Å². The minimum Gasteiger partial charge on any atom is -0.479 e. The van der Waals surface area contributed by atoms with E-state index in [1.165, 1.54) is 24.3 Å². The number of carbonyl (C=O) groups excluding carboxylic acids is 1. The Bertz CT molecular complexity index is 846. The Balaban J connectivity index is 1.84. The van der Waals surface area contributed by atoms with Gasteiger partial charge in [-0.25, -0.2) is 9.78 Å². The van der Waals surface area contributed by atoms with Crippen LogP contribution in [0.25, 0.3) is 0 Å². The van der Waals surface area contributed by atoms with Gasteiger partial charge in [-0.1, -0.05) is 24.9 Å². The SMILES string of the molecule is CCCCOCCOC(=O)C(C)Oc1ccc(Oc2ncc(C(F)(F)F)cc2Cl)cc1. The van der Waals surface area contributed by atoms with Crippen molar-refractivity contribution in [3.05, 3.63) is 47.1 Å². The van der Waals surface area contributed by atoms with Crippen LogP contribution in [-0.4, -0.2) is 36.9 Å². The molecule has 1 atom stereocenters. The van der Waals surface area contributed by atoms with Crippen LogP contribution in [0.4, 0.5) is 13.2 Å². The normalized spacial score (nSPS) is 12.3. The van der Waals surface area contributed by atoms with Gasteiger partial charge in [-0.05, 0) is 43.7 Å². The van der Waals surface area contributed by atoms with Crippen molar-refractivity contribution in [2.24, 2.45) is 0 Å². The molecule has 170 valence electrons. The molecule has 0 aliphatic heterocycles. The van der Waals surface area contributed by atoms with E-state index in [0.29, 0.717) is 25.2 Å². The fraction of sp³-hybridized carbons (Fsp3) is 0.429. The summed E-state index contributed by atoms with van der Waals surface area (Å²) >= 11 is 5.82. The van der Waals surface area contributed by atoms with Crippen molar-refractivity contribution in [2.45, 2.75) is 39.0 Å². The Kier molecular flexibility index (Phi) is 9.39. The molecule has 2 rings (SSSR count). The average molecular weight is 462 g/mol. The summed E-state index contributed by atoms with van der Waals surface area (Å²) in [6, 6.07) is 6.81. The molecule has 0 bridgehead atoms. The van der Waals surface area contributed by atoms with Crippen molar-refractivity contribution in [3.8, 4) is 17.4 Å². The maximum Gasteiger partial charge on any atom is 0.417 e. The van der Waals surface area contributed by atoms with Gasteiger partial charge < -0.3 is 18.9 Å².